The highest BCUT2D eigenvalue weighted by atomic mass is 35.7. The van der Waals surface area contributed by atoms with Gasteiger partial charge in [-0.1, -0.05) is 6.07 Å². The van der Waals surface area contributed by atoms with Crippen molar-refractivity contribution < 1.29 is 12.8 Å². The fraction of sp³-hybridized carbons (Fsp3) is 0.364. The van der Waals surface area contributed by atoms with E-state index in [4.69, 9.17) is 15.1 Å². The first-order chi connectivity index (χ1) is 8.28. The van der Waals surface area contributed by atoms with Crippen LogP contribution in [0.25, 0.3) is 11.1 Å². The standard InChI is InChI=1S/C11H12ClNO4S/c1-7(2)13-9-5-8(6-18(12,15)16)3-4-10(9)17-11(13)14/h3-5,7H,6H2,1-2H3. The van der Waals surface area contributed by atoms with E-state index in [0.29, 0.717) is 16.7 Å². The summed E-state index contributed by atoms with van der Waals surface area (Å²) >= 11 is 0. The fourth-order valence-electron chi connectivity index (χ4n) is 1.86. The first kappa shape index (κ1) is 13.2. The molecule has 1 aromatic carbocycles. The summed E-state index contributed by atoms with van der Waals surface area (Å²) < 4.78 is 28.6. The van der Waals surface area contributed by atoms with Crippen molar-refractivity contribution in [1.29, 1.82) is 0 Å². The van der Waals surface area contributed by atoms with Crippen LogP contribution >= 0.6 is 10.7 Å². The van der Waals surface area contributed by atoms with Crippen LogP contribution in [-0.4, -0.2) is 13.0 Å². The summed E-state index contributed by atoms with van der Waals surface area (Å²) in [7, 11) is 1.59. The second-order valence-electron chi connectivity index (χ2n) is 4.32. The van der Waals surface area contributed by atoms with Gasteiger partial charge in [-0.2, -0.15) is 0 Å². The minimum Gasteiger partial charge on any atom is -0.408 e. The van der Waals surface area contributed by atoms with E-state index in [0.717, 1.165) is 0 Å². The van der Waals surface area contributed by atoms with Gasteiger partial charge in [-0.3, -0.25) is 4.57 Å². The monoisotopic (exact) mass is 289 g/mol. The van der Waals surface area contributed by atoms with Gasteiger partial charge in [-0.05, 0) is 31.5 Å². The fourth-order valence-corrected chi connectivity index (χ4v) is 2.81. The van der Waals surface area contributed by atoms with Crippen LogP contribution in [0.2, 0.25) is 0 Å². The van der Waals surface area contributed by atoms with Gasteiger partial charge >= 0.3 is 5.76 Å². The average Bonchev–Trinajstić information content (AvgIpc) is 2.50. The third-order valence-corrected chi connectivity index (χ3v) is 3.54. The van der Waals surface area contributed by atoms with E-state index in [1.807, 2.05) is 13.8 Å². The smallest absolute Gasteiger partial charge is 0.408 e. The van der Waals surface area contributed by atoms with Crippen molar-refractivity contribution in [3.8, 4) is 0 Å². The van der Waals surface area contributed by atoms with Crippen molar-refractivity contribution >= 4 is 30.8 Å². The van der Waals surface area contributed by atoms with Crippen LogP contribution in [0.3, 0.4) is 0 Å². The minimum atomic E-state index is -3.62. The van der Waals surface area contributed by atoms with Crippen molar-refractivity contribution in [3.05, 3.63) is 34.3 Å². The Labute approximate surface area is 108 Å². The Morgan fingerprint density at radius 2 is 2.06 bits per heavy atom. The van der Waals surface area contributed by atoms with Gasteiger partial charge < -0.3 is 4.42 Å². The molecule has 0 fully saturated rings. The van der Waals surface area contributed by atoms with Crippen molar-refractivity contribution in [2.24, 2.45) is 0 Å². The third kappa shape index (κ3) is 2.59. The number of hydrogen-bond donors (Lipinski definition) is 0. The molecule has 0 aliphatic carbocycles. The van der Waals surface area contributed by atoms with Crippen molar-refractivity contribution in [1.82, 2.24) is 4.57 Å². The first-order valence-electron chi connectivity index (χ1n) is 5.34. The van der Waals surface area contributed by atoms with Gasteiger partial charge in [0.05, 0.1) is 11.3 Å². The lowest BCUT2D eigenvalue weighted by molar-refractivity contribution is 0.478. The van der Waals surface area contributed by atoms with E-state index in [2.05, 4.69) is 0 Å². The Morgan fingerprint density at radius 1 is 1.39 bits per heavy atom. The van der Waals surface area contributed by atoms with E-state index in [1.165, 1.54) is 4.57 Å². The second kappa shape index (κ2) is 4.44. The summed E-state index contributed by atoms with van der Waals surface area (Å²) in [6, 6.07) is 4.70. The predicted molar refractivity (Wildman–Crippen MR) is 69.3 cm³/mol. The van der Waals surface area contributed by atoms with Crippen LogP contribution in [0.15, 0.2) is 27.4 Å². The molecule has 0 N–H and O–H groups in total. The molecule has 0 bridgehead atoms. The molecular weight excluding hydrogens is 278 g/mol. The van der Waals surface area contributed by atoms with Gasteiger partial charge in [-0.15, -0.1) is 0 Å². The topological polar surface area (TPSA) is 69.3 Å². The molecule has 2 rings (SSSR count). The Morgan fingerprint density at radius 3 is 2.61 bits per heavy atom. The van der Waals surface area contributed by atoms with Gasteiger partial charge in [0.25, 0.3) is 0 Å². The van der Waals surface area contributed by atoms with E-state index in [9.17, 15) is 13.2 Å². The lowest BCUT2D eigenvalue weighted by Gasteiger charge is -2.06. The number of fused-ring (bicyclic) bond motifs is 1. The zero-order valence-corrected chi connectivity index (χ0v) is 11.5. The van der Waals surface area contributed by atoms with E-state index < -0.39 is 14.8 Å². The summed E-state index contributed by atoms with van der Waals surface area (Å²) in [5, 5.41) is 0. The molecule has 0 unspecified atom stereocenters. The van der Waals surface area contributed by atoms with Crippen molar-refractivity contribution in [2.75, 3.05) is 0 Å². The molecule has 1 heterocycles. The first-order valence-corrected chi connectivity index (χ1v) is 7.82. The van der Waals surface area contributed by atoms with Crippen LogP contribution in [0.1, 0.15) is 25.5 Å². The number of aromatic nitrogens is 1. The molecule has 0 aliphatic rings. The number of rotatable bonds is 3. The highest BCUT2D eigenvalue weighted by Gasteiger charge is 2.14. The normalized spacial score (nSPS) is 12.4. The molecule has 0 saturated heterocycles. The maximum atomic E-state index is 11.6. The Bertz CT molecular complexity index is 742. The number of benzene rings is 1. The molecule has 0 aliphatic heterocycles. The molecule has 1 aromatic heterocycles. The van der Waals surface area contributed by atoms with Crippen LogP contribution in [0.4, 0.5) is 0 Å². The Balaban J connectivity index is 2.63. The average molecular weight is 290 g/mol. The van der Waals surface area contributed by atoms with E-state index >= 15 is 0 Å². The molecule has 0 atom stereocenters. The van der Waals surface area contributed by atoms with Crippen LogP contribution < -0.4 is 5.76 Å². The van der Waals surface area contributed by atoms with Gasteiger partial charge in [-0.25, -0.2) is 13.2 Å². The van der Waals surface area contributed by atoms with E-state index in [1.54, 1.807) is 18.2 Å². The quantitative estimate of drug-likeness (QED) is 0.813. The van der Waals surface area contributed by atoms with E-state index in [-0.39, 0.29) is 11.8 Å². The largest absolute Gasteiger partial charge is 0.420 e. The maximum absolute atomic E-state index is 11.6. The number of hydrogen-bond acceptors (Lipinski definition) is 4. The molecule has 2 aromatic rings. The summed E-state index contributed by atoms with van der Waals surface area (Å²) in [6.07, 6.45) is 0. The van der Waals surface area contributed by atoms with Gasteiger partial charge in [0, 0.05) is 16.7 Å². The van der Waals surface area contributed by atoms with Crippen molar-refractivity contribution in [3.63, 3.8) is 0 Å². The number of halogens is 1. The molecule has 0 spiro atoms. The van der Waals surface area contributed by atoms with Gasteiger partial charge in [0.2, 0.25) is 9.05 Å². The van der Waals surface area contributed by atoms with Crippen LogP contribution in [0, 0.1) is 0 Å². The lowest BCUT2D eigenvalue weighted by atomic mass is 10.2. The zero-order valence-electron chi connectivity index (χ0n) is 9.88. The molecule has 0 amide bonds. The summed E-state index contributed by atoms with van der Waals surface area (Å²) in [5.74, 6) is -0.729. The van der Waals surface area contributed by atoms with Crippen LogP contribution in [0.5, 0.6) is 0 Å². The molecule has 7 heteroatoms. The maximum Gasteiger partial charge on any atom is 0.420 e. The summed E-state index contributed by atoms with van der Waals surface area (Å²) in [5.41, 5.74) is 1.53. The third-order valence-electron chi connectivity index (χ3n) is 2.53. The zero-order chi connectivity index (χ0) is 13.5. The van der Waals surface area contributed by atoms with Gasteiger partial charge in [0.15, 0.2) is 5.58 Å². The molecule has 98 valence electrons. The highest BCUT2D eigenvalue weighted by Crippen LogP contribution is 2.20. The molecule has 0 saturated carbocycles. The summed E-state index contributed by atoms with van der Waals surface area (Å²) in [4.78, 5) is 11.6. The molecular formula is C11H12ClNO4S. The lowest BCUT2D eigenvalue weighted by Crippen LogP contribution is -2.16. The van der Waals surface area contributed by atoms with Crippen molar-refractivity contribution in [2.45, 2.75) is 25.6 Å². The second-order valence-corrected chi connectivity index (χ2v) is 7.09. The highest BCUT2D eigenvalue weighted by molar-refractivity contribution is 8.13. The molecule has 0 radical (unpaired) electrons. The number of oxazole rings is 1. The summed E-state index contributed by atoms with van der Waals surface area (Å²) in [6.45, 7) is 3.70. The molecule has 5 nitrogen and oxygen atoms in total. The minimum absolute atomic E-state index is 0.0680. The van der Waals surface area contributed by atoms with Crippen LogP contribution in [-0.2, 0) is 14.8 Å². The number of nitrogens with zero attached hydrogens (tertiary/aromatic N) is 1. The predicted octanol–water partition coefficient (Wildman–Crippen LogP) is 2.24. The molecule has 18 heavy (non-hydrogen) atoms. The SMILES string of the molecule is CC(C)n1c(=O)oc2ccc(CS(=O)(=O)Cl)cc21. The Kier molecular flexibility index (Phi) is 3.25. The van der Waals surface area contributed by atoms with Gasteiger partial charge in [0.1, 0.15) is 0 Å². The Hall–Kier alpha value is -1.27.